The summed E-state index contributed by atoms with van der Waals surface area (Å²) in [5.74, 6) is 1.39. The molecule has 1 aromatic heterocycles. The number of nitrogens with two attached hydrogens (primary N) is 1. The van der Waals surface area contributed by atoms with Crippen molar-refractivity contribution in [3.63, 3.8) is 0 Å². The molecule has 1 heterocycles. The Morgan fingerprint density at radius 3 is 2.60 bits per heavy atom. The van der Waals surface area contributed by atoms with Crippen molar-refractivity contribution in [1.82, 2.24) is 9.97 Å². The number of aromatic nitrogens is 2. The molecule has 1 atom stereocenters. The molecule has 1 aromatic carbocycles. The zero-order chi connectivity index (χ0) is 14.4. The SMILES string of the molecule is CC(N)CNc1cc(Nc2ccc(C#N)cc2)ncn1. The van der Waals surface area contributed by atoms with Gasteiger partial charge in [-0.25, -0.2) is 9.97 Å². The molecule has 0 aliphatic carbocycles. The maximum absolute atomic E-state index is 8.75. The van der Waals surface area contributed by atoms with Crippen LogP contribution in [0.1, 0.15) is 12.5 Å². The summed E-state index contributed by atoms with van der Waals surface area (Å²) in [5.41, 5.74) is 7.17. The monoisotopic (exact) mass is 268 g/mol. The van der Waals surface area contributed by atoms with Gasteiger partial charge in [-0.3, -0.25) is 0 Å². The summed E-state index contributed by atoms with van der Waals surface area (Å²) in [6, 6.07) is 11.1. The van der Waals surface area contributed by atoms with Gasteiger partial charge in [0.05, 0.1) is 11.6 Å². The molecular weight excluding hydrogens is 252 g/mol. The van der Waals surface area contributed by atoms with Crippen LogP contribution in [0.15, 0.2) is 36.7 Å². The second-order valence-corrected chi connectivity index (χ2v) is 4.46. The van der Waals surface area contributed by atoms with Crippen molar-refractivity contribution in [2.24, 2.45) is 5.73 Å². The molecule has 0 bridgehead atoms. The molecule has 0 saturated heterocycles. The molecule has 0 saturated carbocycles. The Labute approximate surface area is 117 Å². The summed E-state index contributed by atoms with van der Waals surface area (Å²) in [7, 11) is 0. The van der Waals surface area contributed by atoms with Crippen LogP contribution in [0.2, 0.25) is 0 Å². The molecule has 0 aliphatic heterocycles. The van der Waals surface area contributed by atoms with Gasteiger partial charge in [-0.2, -0.15) is 5.26 Å². The van der Waals surface area contributed by atoms with Crippen molar-refractivity contribution < 1.29 is 0 Å². The predicted molar refractivity (Wildman–Crippen MR) is 78.6 cm³/mol. The van der Waals surface area contributed by atoms with Gasteiger partial charge in [-0.15, -0.1) is 0 Å². The molecule has 0 fully saturated rings. The highest BCUT2D eigenvalue weighted by atomic mass is 15.1. The fraction of sp³-hybridized carbons (Fsp3) is 0.214. The van der Waals surface area contributed by atoms with Gasteiger partial charge in [0.15, 0.2) is 0 Å². The van der Waals surface area contributed by atoms with Crippen LogP contribution in [0.25, 0.3) is 0 Å². The molecule has 6 heteroatoms. The van der Waals surface area contributed by atoms with Crippen LogP contribution >= 0.6 is 0 Å². The fourth-order valence-electron chi connectivity index (χ4n) is 1.56. The highest BCUT2D eigenvalue weighted by molar-refractivity contribution is 5.59. The number of nitriles is 1. The molecule has 20 heavy (non-hydrogen) atoms. The first kappa shape index (κ1) is 13.8. The number of hydrogen-bond donors (Lipinski definition) is 3. The van der Waals surface area contributed by atoms with Crippen molar-refractivity contribution in [2.45, 2.75) is 13.0 Å². The van der Waals surface area contributed by atoms with E-state index in [1.54, 1.807) is 18.2 Å². The molecule has 1 unspecified atom stereocenters. The van der Waals surface area contributed by atoms with Crippen LogP contribution in [0, 0.1) is 11.3 Å². The summed E-state index contributed by atoms with van der Waals surface area (Å²) in [5, 5.41) is 15.0. The highest BCUT2D eigenvalue weighted by Crippen LogP contribution is 2.16. The lowest BCUT2D eigenvalue weighted by molar-refractivity contribution is 0.777. The number of nitrogens with zero attached hydrogens (tertiary/aromatic N) is 3. The zero-order valence-corrected chi connectivity index (χ0v) is 11.2. The number of anilines is 3. The van der Waals surface area contributed by atoms with E-state index < -0.39 is 0 Å². The van der Waals surface area contributed by atoms with Gasteiger partial charge >= 0.3 is 0 Å². The number of rotatable bonds is 5. The summed E-state index contributed by atoms with van der Waals surface area (Å²) in [6.45, 7) is 2.57. The van der Waals surface area contributed by atoms with Crippen molar-refractivity contribution in [3.8, 4) is 6.07 Å². The third-order valence-electron chi connectivity index (χ3n) is 2.56. The van der Waals surface area contributed by atoms with Gasteiger partial charge in [0.25, 0.3) is 0 Å². The fourth-order valence-corrected chi connectivity index (χ4v) is 1.56. The summed E-state index contributed by atoms with van der Waals surface area (Å²) >= 11 is 0. The van der Waals surface area contributed by atoms with E-state index >= 15 is 0 Å². The first-order valence-corrected chi connectivity index (χ1v) is 6.26. The number of hydrogen-bond acceptors (Lipinski definition) is 6. The molecule has 2 aromatic rings. The summed E-state index contributed by atoms with van der Waals surface area (Å²) < 4.78 is 0. The highest BCUT2D eigenvalue weighted by Gasteiger charge is 2.01. The maximum atomic E-state index is 8.75. The molecule has 4 N–H and O–H groups in total. The minimum Gasteiger partial charge on any atom is -0.368 e. The number of benzene rings is 1. The average Bonchev–Trinajstić information content (AvgIpc) is 2.46. The first-order valence-electron chi connectivity index (χ1n) is 6.26. The Bertz CT molecular complexity index is 600. The molecule has 0 spiro atoms. The minimum absolute atomic E-state index is 0.0555. The summed E-state index contributed by atoms with van der Waals surface area (Å²) in [6.07, 6.45) is 1.48. The van der Waals surface area contributed by atoms with E-state index in [4.69, 9.17) is 11.0 Å². The quantitative estimate of drug-likeness (QED) is 0.765. The van der Waals surface area contributed by atoms with Crippen LogP contribution in [-0.4, -0.2) is 22.6 Å². The van der Waals surface area contributed by atoms with E-state index in [2.05, 4.69) is 26.7 Å². The lowest BCUT2D eigenvalue weighted by atomic mass is 10.2. The Balaban J connectivity index is 2.05. The third-order valence-corrected chi connectivity index (χ3v) is 2.56. The Morgan fingerprint density at radius 1 is 1.25 bits per heavy atom. The zero-order valence-electron chi connectivity index (χ0n) is 11.2. The lowest BCUT2D eigenvalue weighted by Crippen LogP contribution is -2.25. The molecule has 6 nitrogen and oxygen atoms in total. The van der Waals surface area contributed by atoms with E-state index in [1.807, 2.05) is 19.1 Å². The van der Waals surface area contributed by atoms with Crippen LogP contribution in [-0.2, 0) is 0 Å². The van der Waals surface area contributed by atoms with E-state index in [1.165, 1.54) is 6.33 Å². The van der Waals surface area contributed by atoms with Crippen LogP contribution < -0.4 is 16.4 Å². The van der Waals surface area contributed by atoms with Crippen molar-refractivity contribution in [3.05, 3.63) is 42.2 Å². The van der Waals surface area contributed by atoms with Gasteiger partial charge in [0.1, 0.15) is 18.0 Å². The topological polar surface area (TPSA) is 99.7 Å². The third kappa shape index (κ3) is 3.93. The predicted octanol–water partition coefficient (Wildman–Crippen LogP) is 1.85. The van der Waals surface area contributed by atoms with E-state index in [9.17, 15) is 0 Å². The van der Waals surface area contributed by atoms with Crippen LogP contribution in [0.4, 0.5) is 17.3 Å². The second kappa shape index (κ2) is 6.50. The van der Waals surface area contributed by atoms with E-state index in [0.717, 1.165) is 5.69 Å². The average molecular weight is 268 g/mol. The maximum Gasteiger partial charge on any atom is 0.135 e. The van der Waals surface area contributed by atoms with Crippen molar-refractivity contribution in [2.75, 3.05) is 17.2 Å². The van der Waals surface area contributed by atoms with Gasteiger partial charge in [0.2, 0.25) is 0 Å². The molecule has 2 rings (SSSR count). The standard InChI is InChI=1S/C14H16N6/c1-10(16)8-17-13-6-14(19-9-18-13)20-12-4-2-11(7-15)3-5-12/h2-6,9-10H,8,16H2,1H3,(H2,17,18,19,20). The van der Waals surface area contributed by atoms with Crippen molar-refractivity contribution in [1.29, 1.82) is 5.26 Å². The van der Waals surface area contributed by atoms with Gasteiger partial charge in [-0.1, -0.05) is 0 Å². The van der Waals surface area contributed by atoms with Gasteiger partial charge < -0.3 is 16.4 Å². The summed E-state index contributed by atoms with van der Waals surface area (Å²) in [4.78, 5) is 8.27. The normalized spacial score (nSPS) is 11.4. The molecule has 0 amide bonds. The molecule has 102 valence electrons. The largest absolute Gasteiger partial charge is 0.368 e. The smallest absolute Gasteiger partial charge is 0.135 e. The molecule has 0 radical (unpaired) electrons. The first-order chi connectivity index (χ1) is 9.67. The van der Waals surface area contributed by atoms with E-state index in [0.29, 0.717) is 23.7 Å². The van der Waals surface area contributed by atoms with Gasteiger partial charge in [0, 0.05) is 24.3 Å². The molecular formula is C14H16N6. The van der Waals surface area contributed by atoms with E-state index in [-0.39, 0.29) is 6.04 Å². The van der Waals surface area contributed by atoms with Crippen LogP contribution in [0.5, 0.6) is 0 Å². The van der Waals surface area contributed by atoms with Crippen LogP contribution in [0.3, 0.4) is 0 Å². The minimum atomic E-state index is 0.0555. The lowest BCUT2D eigenvalue weighted by Gasteiger charge is -2.10. The van der Waals surface area contributed by atoms with Crippen molar-refractivity contribution >= 4 is 17.3 Å². The van der Waals surface area contributed by atoms with Gasteiger partial charge in [-0.05, 0) is 31.2 Å². The Morgan fingerprint density at radius 2 is 1.95 bits per heavy atom. The Hall–Kier alpha value is -2.65. The second-order valence-electron chi connectivity index (χ2n) is 4.46. The Kier molecular flexibility index (Phi) is 4.47. The molecule has 0 aliphatic rings. The number of nitrogens with one attached hydrogen (secondary N) is 2.